The number of hydrogen-bond donors (Lipinski definition) is 1. The topological polar surface area (TPSA) is 32.3 Å². The molecule has 0 saturated carbocycles. The molecule has 1 fully saturated rings. The number of likely N-dealkylation sites (N-methyl/N-ethyl adjacent to an activating group) is 1. The third-order valence-electron chi connectivity index (χ3n) is 4.03. The van der Waals surface area contributed by atoms with E-state index in [0.717, 1.165) is 42.6 Å². The minimum absolute atomic E-state index is 0.156. The quantitative estimate of drug-likeness (QED) is 0.886. The number of benzene rings is 1. The molecule has 0 radical (unpaired) electrons. The molecule has 104 valence electrons. The van der Waals surface area contributed by atoms with Crippen LogP contribution in [-0.4, -0.2) is 37.0 Å². The summed E-state index contributed by atoms with van der Waals surface area (Å²) in [6.07, 6.45) is 2.24. The van der Waals surface area contributed by atoms with Gasteiger partial charge in [0, 0.05) is 25.2 Å². The van der Waals surface area contributed by atoms with Gasteiger partial charge in [-0.15, -0.1) is 0 Å². The fourth-order valence-corrected chi connectivity index (χ4v) is 3.02. The predicted octanol–water partition coefficient (Wildman–Crippen LogP) is 2.44. The van der Waals surface area contributed by atoms with Gasteiger partial charge >= 0.3 is 0 Å². The molecule has 1 saturated heterocycles. The number of rotatable bonds is 2. The average Bonchev–Trinajstić information content (AvgIpc) is 2.37. The number of carbonyl (C=O) groups excluding carboxylic acids is 1. The molecule has 1 amide bonds. The molecule has 1 aliphatic rings. The van der Waals surface area contributed by atoms with E-state index in [2.05, 4.69) is 24.4 Å². The second kappa shape index (κ2) is 5.74. The third kappa shape index (κ3) is 2.98. The first kappa shape index (κ1) is 14.1. The maximum atomic E-state index is 12.7. The van der Waals surface area contributed by atoms with E-state index in [1.807, 2.05) is 25.8 Å². The Bertz CT molecular complexity index is 453. The van der Waals surface area contributed by atoms with Crippen molar-refractivity contribution in [3.63, 3.8) is 0 Å². The molecule has 1 N–H and O–H groups in total. The van der Waals surface area contributed by atoms with Crippen molar-refractivity contribution in [2.24, 2.45) is 0 Å². The zero-order chi connectivity index (χ0) is 14.0. The molecule has 3 heteroatoms. The van der Waals surface area contributed by atoms with E-state index in [1.54, 1.807) is 0 Å². The Hall–Kier alpha value is -1.35. The SMILES string of the molecule is Cc1cc(C)c(C(=O)N(C)C2CCCNC2)c(C)c1. The molecule has 2 rings (SSSR count). The molecule has 1 unspecified atom stereocenters. The number of carbonyl (C=O) groups is 1. The van der Waals surface area contributed by atoms with E-state index >= 15 is 0 Å². The van der Waals surface area contributed by atoms with Crippen LogP contribution in [0.25, 0.3) is 0 Å². The van der Waals surface area contributed by atoms with Crippen molar-refractivity contribution in [3.8, 4) is 0 Å². The zero-order valence-electron chi connectivity index (χ0n) is 12.4. The molecule has 0 aromatic heterocycles. The second-order valence-electron chi connectivity index (χ2n) is 5.69. The molecule has 1 aliphatic heterocycles. The van der Waals surface area contributed by atoms with Gasteiger partial charge < -0.3 is 10.2 Å². The Morgan fingerprint density at radius 3 is 2.42 bits per heavy atom. The Morgan fingerprint density at radius 2 is 1.89 bits per heavy atom. The van der Waals surface area contributed by atoms with E-state index < -0.39 is 0 Å². The summed E-state index contributed by atoms with van der Waals surface area (Å²) in [7, 11) is 1.93. The fourth-order valence-electron chi connectivity index (χ4n) is 3.02. The number of hydrogen-bond acceptors (Lipinski definition) is 2. The van der Waals surface area contributed by atoms with Crippen molar-refractivity contribution >= 4 is 5.91 Å². The summed E-state index contributed by atoms with van der Waals surface area (Å²) in [5, 5.41) is 3.37. The van der Waals surface area contributed by atoms with Gasteiger partial charge in [0.05, 0.1) is 0 Å². The molecule has 3 nitrogen and oxygen atoms in total. The van der Waals surface area contributed by atoms with E-state index in [1.165, 1.54) is 5.56 Å². The molecular weight excluding hydrogens is 236 g/mol. The number of nitrogens with one attached hydrogen (secondary N) is 1. The summed E-state index contributed by atoms with van der Waals surface area (Å²) in [6.45, 7) is 8.11. The van der Waals surface area contributed by atoms with Crippen LogP contribution < -0.4 is 5.32 Å². The number of nitrogens with zero attached hydrogens (tertiary/aromatic N) is 1. The van der Waals surface area contributed by atoms with Gasteiger partial charge in [-0.1, -0.05) is 17.7 Å². The van der Waals surface area contributed by atoms with Crippen LogP contribution in [-0.2, 0) is 0 Å². The highest BCUT2D eigenvalue weighted by Crippen LogP contribution is 2.20. The first-order valence-corrected chi connectivity index (χ1v) is 7.06. The summed E-state index contributed by atoms with van der Waals surface area (Å²) in [6, 6.07) is 4.50. The summed E-state index contributed by atoms with van der Waals surface area (Å²) in [4.78, 5) is 14.6. The predicted molar refractivity (Wildman–Crippen MR) is 78.6 cm³/mol. The molecule has 1 aromatic carbocycles. The highest BCUT2D eigenvalue weighted by atomic mass is 16.2. The molecule has 0 aliphatic carbocycles. The molecular formula is C16H24N2O. The van der Waals surface area contributed by atoms with Crippen LogP contribution in [0.4, 0.5) is 0 Å². The summed E-state index contributed by atoms with van der Waals surface area (Å²) in [5.41, 5.74) is 4.25. The maximum Gasteiger partial charge on any atom is 0.254 e. The standard InChI is InChI=1S/C16H24N2O/c1-11-8-12(2)15(13(3)9-11)16(19)18(4)14-6-5-7-17-10-14/h8-9,14,17H,5-7,10H2,1-4H3. The van der Waals surface area contributed by atoms with Crippen molar-refractivity contribution < 1.29 is 4.79 Å². The second-order valence-corrected chi connectivity index (χ2v) is 5.69. The summed E-state index contributed by atoms with van der Waals surface area (Å²) in [5.74, 6) is 0.156. The summed E-state index contributed by atoms with van der Waals surface area (Å²) < 4.78 is 0. The minimum Gasteiger partial charge on any atom is -0.337 e. The molecule has 1 aromatic rings. The van der Waals surface area contributed by atoms with E-state index in [9.17, 15) is 4.79 Å². The monoisotopic (exact) mass is 260 g/mol. The van der Waals surface area contributed by atoms with Crippen LogP contribution in [0.1, 0.15) is 39.9 Å². The Balaban J connectivity index is 2.23. The number of amides is 1. The Kier molecular flexibility index (Phi) is 4.25. The van der Waals surface area contributed by atoms with Crippen LogP contribution in [0.5, 0.6) is 0 Å². The molecule has 19 heavy (non-hydrogen) atoms. The summed E-state index contributed by atoms with van der Waals surface area (Å²) >= 11 is 0. The van der Waals surface area contributed by atoms with Crippen molar-refractivity contribution in [3.05, 3.63) is 34.4 Å². The van der Waals surface area contributed by atoms with Crippen molar-refractivity contribution in [2.75, 3.05) is 20.1 Å². The van der Waals surface area contributed by atoms with Gasteiger partial charge in [0.25, 0.3) is 5.91 Å². The average molecular weight is 260 g/mol. The van der Waals surface area contributed by atoms with Crippen LogP contribution in [0.15, 0.2) is 12.1 Å². The third-order valence-corrected chi connectivity index (χ3v) is 4.03. The lowest BCUT2D eigenvalue weighted by Gasteiger charge is -2.32. The number of aryl methyl sites for hydroxylation is 3. The number of piperidine rings is 1. The van der Waals surface area contributed by atoms with Crippen molar-refractivity contribution in [2.45, 2.75) is 39.7 Å². The fraction of sp³-hybridized carbons (Fsp3) is 0.562. The van der Waals surface area contributed by atoms with Crippen LogP contribution in [0.3, 0.4) is 0 Å². The van der Waals surface area contributed by atoms with Gasteiger partial charge in [-0.3, -0.25) is 4.79 Å². The lowest BCUT2D eigenvalue weighted by molar-refractivity contribution is 0.0707. The van der Waals surface area contributed by atoms with Crippen LogP contribution >= 0.6 is 0 Å². The first-order chi connectivity index (χ1) is 9.00. The van der Waals surface area contributed by atoms with E-state index in [-0.39, 0.29) is 5.91 Å². The minimum atomic E-state index is 0.156. The molecule has 0 spiro atoms. The van der Waals surface area contributed by atoms with Gasteiger partial charge in [0.1, 0.15) is 0 Å². The van der Waals surface area contributed by atoms with Crippen LogP contribution in [0.2, 0.25) is 0 Å². The molecule has 1 atom stereocenters. The van der Waals surface area contributed by atoms with Gasteiger partial charge in [0.15, 0.2) is 0 Å². The normalized spacial score (nSPS) is 19.3. The van der Waals surface area contributed by atoms with Gasteiger partial charge in [0.2, 0.25) is 0 Å². The van der Waals surface area contributed by atoms with Crippen LogP contribution in [0, 0.1) is 20.8 Å². The molecule has 1 heterocycles. The zero-order valence-corrected chi connectivity index (χ0v) is 12.4. The molecule has 0 bridgehead atoms. The largest absolute Gasteiger partial charge is 0.337 e. The van der Waals surface area contributed by atoms with E-state index in [4.69, 9.17) is 0 Å². The van der Waals surface area contributed by atoms with Gasteiger partial charge in [-0.2, -0.15) is 0 Å². The van der Waals surface area contributed by atoms with Gasteiger partial charge in [-0.05, 0) is 51.3 Å². The maximum absolute atomic E-state index is 12.7. The Labute approximate surface area is 116 Å². The first-order valence-electron chi connectivity index (χ1n) is 7.06. The van der Waals surface area contributed by atoms with Crippen molar-refractivity contribution in [1.82, 2.24) is 10.2 Å². The highest BCUT2D eigenvalue weighted by Gasteiger charge is 2.24. The smallest absolute Gasteiger partial charge is 0.254 e. The van der Waals surface area contributed by atoms with Crippen molar-refractivity contribution in [1.29, 1.82) is 0 Å². The van der Waals surface area contributed by atoms with E-state index in [0.29, 0.717) is 6.04 Å². The lowest BCUT2D eigenvalue weighted by Crippen LogP contribution is -2.47. The Morgan fingerprint density at radius 1 is 1.26 bits per heavy atom. The lowest BCUT2D eigenvalue weighted by atomic mass is 9.97. The highest BCUT2D eigenvalue weighted by molar-refractivity contribution is 5.97. The van der Waals surface area contributed by atoms with Gasteiger partial charge in [-0.25, -0.2) is 0 Å².